The molecule has 2 N–H and O–H groups in total. The molecule has 3 rings (SSSR count). The summed E-state index contributed by atoms with van der Waals surface area (Å²) in [5, 5.41) is 42.2. The molecule has 0 spiro atoms. The molecule has 0 saturated carbocycles. The van der Waals surface area contributed by atoms with Crippen molar-refractivity contribution in [3.05, 3.63) is 104 Å². The summed E-state index contributed by atoms with van der Waals surface area (Å²) in [4.78, 5) is 21.2. The van der Waals surface area contributed by atoms with Gasteiger partial charge in [-0.3, -0.25) is 20.2 Å². The van der Waals surface area contributed by atoms with Crippen LogP contribution >= 0.6 is 0 Å². The van der Waals surface area contributed by atoms with Crippen LogP contribution in [0.25, 0.3) is 0 Å². The lowest BCUT2D eigenvalue weighted by molar-refractivity contribution is -0.386. The first-order valence-corrected chi connectivity index (χ1v) is 8.26. The van der Waals surface area contributed by atoms with Gasteiger partial charge in [0.1, 0.15) is 0 Å². The summed E-state index contributed by atoms with van der Waals surface area (Å²) in [5.41, 5.74) is -0.291. The SMILES string of the molecule is CC(c1ccccc1)(c1ccc(O)c([N+](=O)[O-])c1)c1ccc(O)c([N+](=O)[O-])c1. The summed E-state index contributed by atoms with van der Waals surface area (Å²) < 4.78 is 0. The maximum Gasteiger partial charge on any atom is 0.311 e. The third-order valence-corrected chi connectivity index (χ3v) is 4.85. The van der Waals surface area contributed by atoms with E-state index >= 15 is 0 Å². The summed E-state index contributed by atoms with van der Waals surface area (Å²) in [7, 11) is 0. The van der Waals surface area contributed by atoms with Crippen molar-refractivity contribution in [2.75, 3.05) is 0 Å². The molecule has 3 aromatic rings. The second kappa shape index (κ2) is 6.99. The molecule has 0 radical (unpaired) electrons. The van der Waals surface area contributed by atoms with Crippen LogP contribution in [0.3, 0.4) is 0 Å². The van der Waals surface area contributed by atoms with Crippen molar-refractivity contribution in [1.82, 2.24) is 0 Å². The molecule has 0 saturated heterocycles. The number of aromatic hydroxyl groups is 2. The first kappa shape index (κ1) is 18.8. The van der Waals surface area contributed by atoms with Gasteiger partial charge >= 0.3 is 11.4 Å². The first-order valence-electron chi connectivity index (χ1n) is 8.26. The van der Waals surface area contributed by atoms with Crippen LogP contribution < -0.4 is 0 Å². The molecule has 3 aromatic carbocycles. The van der Waals surface area contributed by atoms with E-state index in [0.717, 1.165) is 5.56 Å². The van der Waals surface area contributed by atoms with Crippen LogP contribution in [0.2, 0.25) is 0 Å². The fourth-order valence-electron chi connectivity index (χ4n) is 3.23. The Morgan fingerprint density at radius 2 is 1.14 bits per heavy atom. The second-order valence-electron chi connectivity index (χ2n) is 6.41. The normalized spacial score (nSPS) is 11.2. The molecule has 0 amide bonds. The number of hydrogen-bond donors (Lipinski definition) is 2. The largest absolute Gasteiger partial charge is 0.502 e. The van der Waals surface area contributed by atoms with Crippen LogP contribution in [0, 0.1) is 20.2 Å². The van der Waals surface area contributed by atoms with Crippen molar-refractivity contribution in [2.24, 2.45) is 0 Å². The second-order valence-corrected chi connectivity index (χ2v) is 6.41. The predicted molar refractivity (Wildman–Crippen MR) is 102 cm³/mol. The Kier molecular flexibility index (Phi) is 4.70. The number of phenols is 2. The molecule has 0 unspecified atom stereocenters. The van der Waals surface area contributed by atoms with E-state index in [9.17, 15) is 30.4 Å². The number of nitrogens with zero attached hydrogens (tertiary/aromatic N) is 2. The van der Waals surface area contributed by atoms with Gasteiger partial charge < -0.3 is 10.2 Å². The van der Waals surface area contributed by atoms with Gasteiger partial charge in [0.25, 0.3) is 0 Å². The molecule has 0 bridgehead atoms. The van der Waals surface area contributed by atoms with Crippen LogP contribution in [-0.4, -0.2) is 20.1 Å². The number of rotatable bonds is 5. The van der Waals surface area contributed by atoms with Gasteiger partial charge in [0.15, 0.2) is 11.5 Å². The maximum absolute atomic E-state index is 11.3. The molecular weight excluding hydrogens is 364 g/mol. The van der Waals surface area contributed by atoms with E-state index in [4.69, 9.17) is 0 Å². The van der Waals surface area contributed by atoms with Crippen LogP contribution in [0.1, 0.15) is 23.6 Å². The van der Waals surface area contributed by atoms with Crippen molar-refractivity contribution in [1.29, 1.82) is 0 Å². The monoisotopic (exact) mass is 380 g/mol. The van der Waals surface area contributed by atoms with E-state index < -0.39 is 38.1 Å². The molecule has 0 aliphatic rings. The lowest BCUT2D eigenvalue weighted by Crippen LogP contribution is -2.25. The molecule has 8 heteroatoms. The molecule has 0 atom stereocenters. The average Bonchev–Trinajstić information content (AvgIpc) is 2.68. The average molecular weight is 380 g/mol. The van der Waals surface area contributed by atoms with Gasteiger partial charge in [0.05, 0.1) is 9.85 Å². The fourth-order valence-corrected chi connectivity index (χ4v) is 3.23. The number of phenolic OH excluding ortho intramolecular Hbond substituents is 2. The van der Waals surface area contributed by atoms with Gasteiger partial charge in [0, 0.05) is 17.5 Å². The molecule has 0 heterocycles. The Hall–Kier alpha value is -3.94. The number of benzene rings is 3. The molecule has 0 aliphatic carbocycles. The van der Waals surface area contributed by atoms with Gasteiger partial charge in [-0.25, -0.2) is 0 Å². The zero-order valence-corrected chi connectivity index (χ0v) is 14.8. The van der Waals surface area contributed by atoms with Crippen molar-refractivity contribution in [3.63, 3.8) is 0 Å². The Bertz CT molecular complexity index is 1000. The van der Waals surface area contributed by atoms with Crippen LogP contribution in [-0.2, 0) is 5.41 Å². The third-order valence-electron chi connectivity index (χ3n) is 4.85. The molecule has 28 heavy (non-hydrogen) atoms. The maximum atomic E-state index is 11.3. The highest BCUT2D eigenvalue weighted by Gasteiger charge is 2.34. The lowest BCUT2D eigenvalue weighted by Gasteiger charge is -2.31. The Morgan fingerprint density at radius 1 is 0.714 bits per heavy atom. The number of nitro benzene ring substituents is 2. The zero-order valence-electron chi connectivity index (χ0n) is 14.8. The molecule has 142 valence electrons. The first-order chi connectivity index (χ1) is 13.2. The minimum Gasteiger partial charge on any atom is -0.502 e. The third kappa shape index (κ3) is 3.11. The number of nitro groups is 2. The van der Waals surface area contributed by atoms with Gasteiger partial charge in [-0.15, -0.1) is 0 Å². The van der Waals surface area contributed by atoms with Crippen molar-refractivity contribution in [3.8, 4) is 11.5 Å². The van der Waals surface area contributed by atoms with Crippen molar-refractivity contribution < 1.29 is 20.1 Å². The minimum absolute atomic E-state index is 0.461. The van der Waals surface area contributed by atoms with Crippen LogP contribution in [0.5, 0.6) is 11.5 Å². The van der Waals surface area contributed by atoms with E-state index in [1.165, 1.54) is 36.4 Å². The fraction of sp³-hybridized carbons (Fsp3) is 0.100. The summed E-state index contributed by atoms with van der Waals surface area (Å²) in [6.45, 7) is 1.77. The summed E-state index contributed by atoms with van der Waals surface area (Å²) >= 11 is 0. The smallest absolute Gasteiger partial charge is 0.311 e. The highest BCUT2D eigenvalue weighted by molar-refractivity contribution is 5.59. The quantitative estimate of drug-likeness (QED) is 0.387. The van der Waals surface area contributed by atoms with E-state index in [-0.39, 0.29) is 0 Å². The summed E-state index contributed by atoms with van der Waals surface area (Å²) in [6.07, 6.45) is 0. The topological polar surface area (TPSA) is 127 Å². The summed E-state index contributed by atoms with van der Waals surface area (Å²) in [5.74, 6) is -0.943. The molecule has 8 nitrogen and oxygen atoms in total. The highest BCUT2D eigenvalue weighted by atomic mass is 16.6. The standard InChI is InChI=1S/C20H16N2O6/c1-20(13-5-3-2-4-6-13,14-7-9-18(23)16(11-14)21(25)26)15-8-10-19(24)17(12-15)22(27)28/h2-12,23-24H,1H3. The van der Waals surface area contributed by atoms with Crippen molar-refractivity contribution >= 4 is 11.4 Å². The van der Waals surface area contributed by atoms with Crippen LogP contribution in [0.4, 0.5) is 11.4 Å². The minimum atomic E-state index is -1.02. The van der Waals surface area contributed by atoms with Gasteiger partial charge in [-0.2, -0.15) is 0 Å². The predicted octanol–water partition coefficient (Wildman–Crippen LogP) is 4.27. The lowest BCUT2D eigenvalue weighted by atomic mass is 9.71. The molecule has 0 fully saturated rings. The summed E-state index contributed by atoms with van der Waals surface area (Å²) in [6, 6.07) is 17.0. The van der Waals surface area contributed by atoms with E-state index in [1.54, 1.807) is 31.2 Å². The van der Waals surface area contributed by atoms with Gasteiger partial charge in [0.2, 0.25) is 0 Å². The zero-order chi connectivity index (χ0) is 20.5. The Balaban J connectivity index is 2.33. The number of hydrogen-bond acceptors (Lipinski definition) is 6. The highest BCUT2D eigenvalue weighted by Crippen LogP contribution is 2.43. The molecule has 0 aliphatic heterocycles. The molecular formula is C20H16N2O6. The van der Waals surface area contributed by atoms with Crippen molar-refractivity contribution in [2.45, 2.75) is 12.3 Å². The van der Waals surface area contributed by atoms with E-state index in [1.807, 2.05) is 6.07 Å². The Morgan fingerprint density at radius 3 is 1.54 bits per heavy atom. The van der Waals surface area contributed by atoms with E-state index in [2.05, 4.69) is 0 Å². The van der Waals surface area contributed by atoms with Gasteiger partial charge in [-0.05, 0) is 35.7 Å². The Labute approximate surface area is 159 Å². The van der Waals surface area contributed by atoms with Gasteiger partial charge in [-0.1, -0.05) is 42.5 Å². The molecule has 0 aromatic heterocycles. The van der Waals surface area contributed by atoms with E-state index in [0.29, 0.717) is 11.1 Å². The van der Waals surface area contributed by atoms with Crippen LogP contribution in [0.15, 0.2) is 66.7 Å².